The Morgan fingerprint density at radius 3 is 2.47 bits per heavy atom. The fourth-order valence-electron chi connectivity index (χ4n) is 1.72. The lowest BCUT2D eigenvalue weighted by atomic mass is 10.0. The van der Waals surface area contributed by atoms with Crippen LogP contribution in [0.3, 0.4) is 0 Å². The van der Waals surface area contributed by atoms with E-state index in [9.17, 15) is 4.79 Å². The Bertz CT molecular complexity index is 251. The van der Waals surface area contributed by atoms with Crippen molar-refractivity contribution in [1.82, 2.24) is 10.2 Å². The van der Waals surface area contributed by atoms with Crippen molar-refractivity contribution in [1.29, 1.82) is 0 Å². The summed E-state index contributed by atoms with van der Waals surface area (Å²) in [6.07, 6.45) is -0.195. The van der Waals surface area contributed by atoms with Gasteiger partial charge in [0.2, 0.25) is 0 Å². The summed E-state index contributed by atoms with van der Waals surface area (Å²) in [5, 5.41) is 3.42. The van der Waals surface area contributed by atoms with Gasteiger partial charge in [-0.15, -0.1) is 12.4 Å². The molecule has 17 heavy (non-hydrogen) atoms. The number of carbonyl (C=O) groups excluding carboxylic acids is 1. The smallest absolute Gasteiger partial charge is 0.410 e. The minimum absolute atomic E-state index is 0. The highest BCUT2D eigenvalue weighted by molar-refractivity contribution is 5.85. The number of hydrogen-bond acceptors (Lipinski definition) is 3. The second-order valence-corrected chi connectivity index (χ2v) is 5.73. The van der Waals surface area contributed by atoms with Gasteiger partial charge in [0, 0.05) is 25.7 Å². The zero-order valence-corrected chi connectivity index (χ0v) is 12.3. The summed E-state index contributed by atoms with van der Waals surface area (Å²) in [5.41, 5.74) is -0.407. The van der Waals surface area contributed by atoms with Crippen LogP contribution in [0.4, 0.5) is 4.79 Å². The predicted molar refractivity (Wildman–Crippen MR) is 71.7 cm³/mol. The summed E-state index contributed by atoms with van der Waals surface area (Å²) in [7, 11) is 0. The minimum Gasteiger partial charge on any atom is -0.444 e. The van der Waals surface area contributed by atoms with Gasteiger partial charge >= 0.3 is 6.09 Å². The van der Waals surface area contributed by atoms with Crippen LogP contribution in [0.15, 0.2) is 0 Å². The highest BCUT2D eigenvalue weighted by Crippen LogP contribution is 2.13. The first kappa shape index (κ1) is 16.5. The van der Waals surface area contributed by atoms with E-state index in [0.29, 0.717) is 12.0 Å². The molecule has 1 fully saturated rings. The molecule has 1 atom stereocenters. The van der Waals surface area contributed by atoms with Crippen LogP contribution >= 0.6 is 12.4 Å². The fourth-order valence-corrected chi connectivity index (χ4v) is 1.72. The van der Waals surface area contributed by atoms with Crippen LogP contribution in [0.5, 0.6) is 0 Å². The molecule has 0 aliphatic carbocycles. The molecule has 1 N–H and O–H groups in total. The maximum atomic E-state index is 11.9. The van der Waals surface area contributed by atoms with Gasteiger partial charge in [0.05, 0.1) is 0 Å². The van der Waals surface area contributed by atoms with Crippen LogP contribution in [-0.4, -0.2) is 42.3 Å². The molecular formula is C12H25ClN2O2. The summed E-state index contributed by atoms with van der Waals surface area (Å²) >= 11 is 0. The minimum atomic E-state index is -0.407. The lowest BCUT2D eigenvalue weighted by molar-refractivity contribution is 0.0179. The molecule has 0 saturated carbocycles. The van der Waals surface area contributed by atoms with Crippen molar-refractivity contribution >= 4 is 18.5 Å². The number of nitrogens with zero attached hydrogens (tertiary/aromatic N) is 1. The van der Waals surface area contributed by atoms with E-state index < -0.39 is 5.60 Å². The van der Waals surface area contributed by atoms with Crippen LogP contribution in [0.25, 0.3) is 0 Å². The molecule has 5 heteroatoms. The standard InChI is InChI=1S/C12H24N2O2.ClH/c1-9(2)10-8-14(7-6-13-10)11(15)16-12(3,4)5;/h9-10,13H,6-8H2,1-5H3;1H/t10-;/m0./s1. The van der Waals surface area contributed by atoms with Crippen molar-refractivity contribution in [2.75, 3.05) is 19.6 Å². The number of ether oxygens (including phenoxy) is 1. The van der Waals surface area contributed by atoms with Crippen molar-refractivity contribution in [2.45, 2.75) is 46.3 Å². The SMILES string of the molecule is CC(C)[C@@H]1CN(C(=O)OC(C)(C)C)CCN1.Cl. The van der Waals surface area contributed by atoms with E-state index in [1.165, 1.54) is 0 Å². The van der Waals surface area contributed by atoms with Crippen LogP contribution < -0.4 is 5.32 Å². The van der Waals surface area contributed by atoms with E-state index in [-0.39, 0.29) is 18.5 Å². The Kier molecular flexibility index (Phi) is 6.27. The molecule has 1 amide bonds. The van der Waals surface area contributed by atoms with E-state index in [0.717, 1.165) is 19.6 Å². The number of halogens is 1. The van der Waals surface area contributed by atoms with Gasteiger partial charge in [-0.25, -0.2) is 4.79 Å². The molecule has 0 spiro atoms. The molecule has 4 nitrogen and oxygen atoms in total. The van der Waals surface area contributed by atoms with Crippen LogP contribution in [-0.2, 0) is 4.74 Å². The molecule has 1 rings (SSSR count). The summed E-state index contributed by atoms with van der Waals surface area (Å²) in [6, 6.07) is 0.376. The molecule has 0 aromatic heterocycles. The largest absolute Gasteiger partial charge is 0.444 e. The van der Waals surface area contributed by atoms with Crippen molar-refractivity contribution in [3.63, 3.8) is 0 Å². The first-order valence-corrected chi connectivity index (χ1v) is 6.01. The zero-order chi connectivity index (χ0) is 12.3. The monoisotopic (exact) mass is 264 g/mol. The van der Waals surface area contributed by atoms with Crippen molar-refractivity contribution in [3.05, 3.63) is 0 Å². The maximum absolute atomic E-state index is 11.9. The third kappa shape index (κ3) is 5.59. The highest BCUT2D eigenvalue weighted by Gasteiger charge is 2.28. The zero-order valence-electron chi connectivity index (χ0n) is 11.4. The third-order valence-corrected chi connectivity index (χ3v) is 2.66. The molecular weight excluding hydrogens is 240 g/mol. The molecule has 1 aliphatic rings. The average molecular weight is 265 g/mol. The topological polar surface area (TPSA) is 41.6 Å². The molecule has 102 valence electrons. The Labute approximate surface area is 110 Å². The van der Waals surface area contributed by atoms with Crippen molar-refractivity contribution in [2.24, 2.45) is 5.92 Å². The van der Waals surface area contributed by atoms with Gasteiger partial charge in [0.1, 0.15) is 5.60 Å². The first-order chi connectivity index (χ1) is 7.29. The Hall–Kier alpha value is -0.480. The lowest BCUT2D eigenvalue weighted by Crippen LogP contribution is -2.55. The summed E-state index contributed by atoms with van der Waals surface area (Å²) in [4.78, 5) is 13.7. The lowest BCUT2D eigenvalue weighted by Gasteiger charge is -2.36. The number of piperazine rings is 1. The second-order valence-electron chi connectivity index (χ2n) is 5.73. The van der Waals surface area contributed by atoms with Crippen LogP contribution in [0.1, 0.15) is 34.6 Å². The second kappa shape index (κ2) is 6.45. The third-order valence-electron chi connectivity index (χ3n) is 2.66. The molecule has 0 bridgehead atoms. The number of hydrogen-bond donors (Lipinski definition) is 1. The predicted octanol–water partition coefficient (Wildman–Crippen LogP) is 2.27. The number of nitrogens with one attached hydrogen (secondary N) is 1. The molecule has 0 radical (unpaired) electrons. The maximum Gasteiger partial charge on any atom is 0.410 e. The Morgan fingerprint density at radius 2 is 2.00 bits per heavy atom. The van der Waals surface area contributed by atoms with Gasteiger partial charge in [-0.3, -0.25) is 0 Å². The number of amides is 1. The fraction of sp³-hybridized carbons (Fsp3) is 0.917. The van der Waals surface area contributed by atoms with Gasteiger partial charge in [0.25, 0.3) is 0 Å². The van der Waals surface area contributed by atoms with Gasteiger partial charge in [-0.05, 0) is 26.7 Å². The van der Waals surface area contributed by atoms with Gasteiger partial charge < -0.3 is 15.0 Å². The van der Waals surface area contributed by atoms with Gasteiger partial charge in [-0.2, -0.15) is 0 Å². The van der Waals surface area contributed by atoms with E-state index in [1.807, 2.05) is 20.8 Å². The van der Waals surface area contributed by atoms with Crippen LogP contribution in [0.2, 0.25) is 0 Å². The first-order valence-electron chi connectivity index (χ1n) is 6.01. The molecule has 1 heterocycles. The summed E-state index contributed by atoms with van der Waals surface area (Å²) in [6.45, 7) is 12.3. The molecule has 1 saturated heterocycles. The summed E-state index contributed by atoms with van der Waals surface area (Å²) in [5.74, 6) is 0.533. The molecule has 0 aromatic carbocycles. The van der Waals surface area contributed by atoms with E-state index >= 15 is 0 Å². The van der Waals surface area contributed by atoms with Crippen molar-refractivity contribution in [3.8, 4) is 0 Å². The van der Waals surface area contributed by atoms with Crippen LogP contribution in [0, 0.1) is 5.92 Å². The Morgan fingerprint density at radius 1 is 1.41 bits per heavy atom. The number of carbonyl (C=O) groups is 1. The van der Waals surface area contributed by atoms with Gasteiger partial charge in [-0.1, -0.05) is 13.8 Å². The molecule has 1 aliphatic heterocycles. The van der Waals surface area contributed by atoms with E-state index in [1.54, 1.807) is 4.90 Å². The average Bonchev–Trinajstić information content (AvgIpc) is 2.15. The van der Waals surface area contributed by atoms with Gasteiger partial charge in [0.15, 0.2) is 0 Å². The summed E-state index contributed by atoms with van der Waals surface area (Å²) < 4.78 is 5.36. The normalized spacial score (nSPS) is 21.1. The molecule has 0 aromatic rings. The van der Waals surface area contributed by atoms with E-state index in [2.05, 4.69) is 19.2 Å². The van der Waals surface area contributed by atoms with Crippen molar-refractivity contribution < 1.29 is 9.53 Å². The highest BCUT2D eigenvalue weighted by atomic mass is 35.5. The van der Waals surface area contributed by atoms with E-state index in [4.69, 9.17) is 4.74 Å². The number of rotatable bonds is 1. The quantitative estimate of drug-likeness (QED) is 0.790. The Balaban J connectivity index is 0.00000256. The molecule has 0 unspecified atom stereocenters.